The predicted molar refractivity (Wildman–Crippen MR) is 96.6 cm³/mol. The Bertz CT molecular complexity index is 341. The Hall–Kier alpha value is -0.120. The minimum absolute atomic E-state index is 0.372. The van der Waals surface area contributed by atoms with Crippen LogP contribution in [0.15, 0.2) is 0 Å². The smallest absolute Gasteiger partial charge is 0.0474 e. The molecule has 23 heavy (non-hydrogen) atoms. The van der Waals surface area contributed by atoms with Crippen LogP contribution in [0.1, 0.15) is 77.6 Å². The number of aliphatic hydroxyl groups excluding tert-OH is 1. The molecule has 2 N–H and O–H groups in total. The first kappa shape index (κ1) is 17.7. The summed E-state index contributed by atoms with van der Waals surface area (Å²) >= 11 is 0. The van der Waals surface area contributed by atoms with Crippen LogP contribution in [-0.2, 0) is 0 Å². The molecule has 1 aliphatic heterocycles. The van der Waals surface area contributed by atoms with Gasteiger partial charge in [-0.15, -0.1) is 0 Å². The molecular weight excluding hydrogens is 284 g/mol. The van der Waals surface area contributed by atoms with E-state index >= 15 is 0 Å². The van der Waals surface area contributed by atoms with Crippen molar-refractivity contribution in [2.24, 2.45) is 11.8 Å². The molecule has 0 spiro atoms. The zero-order valence-corrected chi connectivity index (χ0v) is 15.2. The number of hydrogen-bond donors (Lipinski definition) is 2. The zero-order chi connectivity index (χ0) is 16.1. The third kappa shape index (κ3) is 4.93. The van der Waals surface area contributed by atoms with E-state index in [0.717, 1.165) is 12.0 Å². The number of rotatable bonds is 4. The van der Waals surface area contributed by atoms with Gasteiger partial charge in [0.1, 0.15) is 0 Å². The maximum atomic E-state index is 9.70. The number of hydrogen-bond acceptors (Lipinski definition) is 3. The van der Waals surface area contributed by atoms with Crippen molar-refractivity contribution in [2.45, 2.75) is 95.7 Å². The molecule has 0 aromatic carbocycles. The average Bonchev–Trinajstić information content (AvgIpc) is 2.80. The van der Waals surface area contributed by atoms with Gasteiger partial charge in [-0.05, 0) is 63.5 Å². The summed E-state index contributed by atoms with van der Waals surface area (Å²) in [6, 6.07) is 2.11. The molecule has 4 atom stereocenters. The van der Waals surface area contributed by atoms with Gasteiger partial charge < -0.3 is 15.3 Å². The summed E-state index contributed by atoms with van der Waals surface area (Å²) in [6.07, 6.45) is 14.8. The predicted octanol–water partition coefficient (Wildman–Crippen LogP) is 3.56. The molecule has 3 heteroatoms. The van der Waals surface area contributed by atoms with E-state index in [-0.39, 0.29) is 0 Å². The van der Waals surface area contributed by atoms with E-state index in [4.69, 9.17) is 0 Å². The van der Waals surface area contributed by atoms with Crippen molar-refractivity contribution in [1.82, 2.24) is 10.2 Å². The molecule has 0 bridgehead atoms. The summed E-state index contributed by atoms with van der Waals surface area (Å²) in [5, 5.41) is 13.6. The van der Waals surface area contributed by atoms with Crippen LogP contribution in [0.5, 0.6) is 0 Å². The fourth-order valence-electron chi connectivity index (χ4n) is 5.29. The fraction of sp³-hybridized carbons (Fsp3) is 1.00. The second-order valence-corrected chi connectivity index (χ2v) is 8.59. The largest absolute Gasteiger partial charge is 0.396 e. The van der Waals surface area contributed by atoms with Crippen LogP contribution in [0.25, 0.3) is 0 Å². The van der Waals surface area contributed by atoms with E-state index in [1.165, 1.54) is 83.7 Å². The molecule has 1 heterocycles. The van der Waals surface area contributed by atoms with E-state index < -0.39 is 0 Å². The lowest BCUT2D eigenvalue weighted by Gasteiger charge is -2.42. The highest BCUT2D eigenvalue weighted by molar-refractivity contribution is 4.88. The number of nitrogens with one attached hydrogen (secondary N) is 1. The van der Waals surface area contributed by atoms with Gasteiger partial charge in [0, 0.05) is 24.7 Å². The summed E-state index contributed by atoms with van der Waals surface area (Å²) in [7, 11) is 0. The number of piperidine rings is 1. The van der Waals surface area contributed by atoms with Gasteiger partial charge in [0.15, 0.2) is 0 Å². The second kappa shape index (κ2) is 8.82. The maximum absolute atomic E-state index is 9.70. The van der Waals surface area contributed by atoms with E-state index in [1.54, 1.807) is 0 Å². The lowest BCUT2D eigenvalue weighted by Crippen LogP contribution is -2.51. The number of aliphatic hydroxyl groups is 1. The zero-order valence-electron chi connectivity index (χ0n) is 15.2. The first-order chi connectivity index (χ1) is 11.3. The fourth-order valence-corrected chi connectivity index (χ4v) is 5.29. The molecule has 1 saturated heterocycles. The van der Waals surface area contributed by atoms with Crippen LogP contribution < -0.4 is 5.32 Å². The van der Waals surface area contributed by atoms with Crippen molar-refractivity contribution < 1.29 is 5.11 Å². The van der Waals surface area contributed by atoms with Crippen LogP contribution in [-0.4, -0.2) is 47.8 Å². The normalized spacial score (nSPS) is 38.3. The lowest BCUT2D eigenvalue weighted by atomic mass is 9.85. The Kier molecular flexibility index (Phi) is 6.79. The van der Waals surface area contributed by atoms with Crippen LogP contribution in [0, 0.1) is 11.8 Å². The summed E-state index contributed by atoms with van der Waals surface area (Å²) in [5.74, 6) is 1.43. The molecule has 0 unspecified atom stereocenters. The highest BCUT2D eigenvalue weighted by atomic mass is 16.3. The van der Waals surface area contributed by atoms with Gasteiger partial charge in [-0.1, -0.05) is 39.0 Å². The molecule has 2 aliphatic carbocycles. The first-order valence-corrected chi connectivity index (χ1v) is 10.4. The molecule has 134 valence electrons. The van der Waals surface area contributed by atoms with Gasteiger partial charge in [0.2, 0.25) is 0 Å². The van der Waals surface area contributed by atoms with Gasteiger partial charge in [0.25, 0.3) is 0 Å². The monoisotopic (exact) mass is 322 g/mol. The SMILES string of the molecule is C[C@@H]1CCC[C@H](N2CCC(N[C@@H]3CCCCC[C@H]3CO)CC2)C1. The summed E-state index contributed by atoms with van der Waals surface area (Å²) in [5.41, 5.74) is 0. The van der Waals surface area contributed by atoms with Crippen molar-refractivity contribution in [3.8, 4) is 0 Å². The van der Waals surface area contributed by atoms with Crippen LogP contribution >= 0.6 is 0 Å². The van der Waals surface area contributed by atoms with Gasteiger partial charge in [-0.25, -0.2) is 0 Å². The van der Waals surface area contributed by atoms with Crippen LogP contribution in [0.3, 0.4) is 0 Å². The van der Waals surface area contributed by atoms with E-state index in [9.17, 15) is 5.11 Å². The van der Waals surface area contributed by atoms with Gasteiger partial charge in [0.05, 0.1) is 0 Å². The lowest BCUT2D eigenvalue weighted by molar-refractivity contribution is 0.0919. The molecule has 3 nitrogen and oxygen atoms in total. The Morgan fingerprint density at radius 3 is 2.43 bits per heavy atom. The third-order valence-corrected chi connectivity index (χ3v) is 6.80. The molecule has 3 aliphatic rings. The minimum Gasteiger partial charge on any atom is -0.396 e. The topological polar surface area (TPSA) is 35.5 Å². The molecule has 0 radical (unpaired) electrons. The highest BCUT2D eigenvalue weighted by Gasteiger charge is 2.30. The van der Waals surface area contributed by atoms with E-state index in [0.29, 0.717) is 24.6 Å². The van der Waals surface area contributed by atoms with Crippen molar-refractivity contribution >= 4 is 0 Å². The first-order valence-electron chi connectivity index (χ1n) is 10.4. The van der Waals surface area contributed by atoms with Crippen LogP contribution in [0.4, 0.5) is 0 Å². The van der Waals surface area contributed by atoms with Crippen molar-refractivity contribution in [3.63, 3.8) is 0 Å². The standard InChI is InChI=1S/C20H38N2O/c1-16-6-5-8-19(14-16)22-12-10-18(11-13-22)21-20-9-4-2-3-7-17(20)15-23/h16-21,23H,2-15H2,1H3/t16-,17+,19+,20-/m1/s1. The summed E-state index contributed by atoms with van der Waals surface area (Å²) in [6.45, 7) is 5.37. The van der Waals surface area contributed by atoms with E-state index in [2.05, 4.69) is 17.1 Å². The number of likely N-dealkylation sites (tertiary alicyclic amines) is 1. The molecule has 3 rings (SSSR count). The molecule has 0 amide bonds. The van der Waals surface area contributed by atoms with Gasteiger partial charge >= 0.3 is 0 Å². The quantitative estimate of drug-likeness (QED) is 0.777. The average molecular weight is 323 g/mol. The Labute approximate surface area is 143 Å². The van der Waals surface area contributed by atoms with Crippen molar-refractivity contribution in [1.29, 1.82) is 0 Å². The van der Waals surface area contributed by atoms with Crippen molar-refractivity contribution in [2.75, 3.05) is 19.7 Å². The molecule has 2 saturated carbocycles. The molecular formula is C20H38N2O. The Morgan fingerprint density at radius 2 is 1.70 bits per heavy atom. The summed E-state index contributed by atoms with van der Waals surface area (Å²) < 4.78 is 0. The van der Waals surface area contributed by atoms with Gasteiger partial charge in [-0.3, -0.25) is 0 Å². The minimum atomic E-state index is 0.372. The number of nitrogens with zero attached hydrogens (tertiary/aromatic N) is 1. The molecule has 0 aromatic heterocycles. The van der Waals surface area contributed by atoms with Gasteiger partial charge in [-0.2, -0.15) is 0 Å². The van der Waals surface area contributed by atoms with Crippen LogP contribution in [0.2, 0.25) is 0 Å². The highest BCUT2D eigenvalue weighted by Crippen LogP contribution is 2.30. The molecule has 0 aromatic rings. The van der Waals surface area contributed by atoms with E-state index in [1.807, 2.05) is 0 Å². The second-order valence-electron chi connectivity index (χ2n) is 8.59. The Balaban J connectivity index is 1.44. The summed E-state index contributed by atoms with van der Waals surface area (Å²) in [4.78, 5) is 2.78. The van der Waals surface area contributed by atoms with Crippen molar-refractivity contribution in [3.05, 3.63) is 0 Å². The Morgan fingerprint density at radius 1 is 0.913 bits per heavy atom. The molecule has 3 fully saturated rings. The third-order valence-electron chi connectivity index (χ3n) is 6.80. The maximum Gasteiger partial charge on any atom is 0.0474 e.